The SMILES string of the molecule is Cc1cc(-c2ccncc2)cc(C)c1Oc1nc(Nc2ccc(N)cc2)nc2c1ncn2C. The molecule has 0 aliphatic carbocycles. The third-order valence-corrected chi connectivity index (χ3v) is 5.37. The number of aryl methyl sites for hydroxylation is 3. The lowest BCUT2D eigenvalue weighted by Crippen LogP contribution is -2.02. The Labute approximate surface area is 191 Å². The molecule has 0 saturated carbocycles. The predicted molar refractivity (Wildman–Crippen MR) is 130 cm³/mol. The van der Waals surface area contributed by atoms with Crippen molar-refractivity contribution >= 4 is 28.5 Å². The molecule has 164 valence electrons. The van der Waals surface area contributed by atoms with E-state index in [0.29, 0.717) is 28.7 Å². The van der Waals surface area contributed by atoms with Crippen LogP contribution in [0.25, 0.3) is 22.3 Å². The van der Waals surface area contributed by atoms with Crippen molar-refractivity contribution in [2.75, 3.05) is 11.1 Å². The third kappa shape index (κ3) is 4.06. The molecule has 3 aromatic heterocycles. The lowest BCUT2D eigenvalue weighted by molar-refractivity contribution is 0.461. The predicted octanol–water partition coefficient (Wildman–Crippen LogP) is 5.16. The fourth-order valence-corrected chi connectivity index (χ4v) is 3.72. The first-order valence-electron chi connectivity index (χ1n) is 10.5. The maximum absolute atomic E-state index is 6.36. The number of nitrogens with zero attached hydrogens (tertiary/aromatic N) is 5. The van der Waals surface area contributed by atoms with Gasteiger partial charge in [-0.05, 0) is 84.6 Å². The number of hydrogen-bond acceptors (Lipinski definition) is 7. The molecule has 5 rings (SSSR count). The first-order chi connectivity index (χ1) is 16.0. The number of rotatable bonds is 5. The van der Waals surface area contributed by atoms with Gasteiger partial charge in [-0.1, -0.05) is 0 Å². The van der Waals surface area contributed by atoms with Gasteiger partial charge in [0.2, 0.25) is 5.95 Å². The lowest BCUT2D eigenvalue weighted by Gasteiger charge is -2.15. The van der Waals surface area contributed by atoms with Gasteiger partial charge in [0.05, 0.1) is 6.33 Å². The van der Waals surface area contributed by atoms with E-state index in [9.17, 15) is 0 Å². The van der Waals surface area contributed by atoms with E-state index in [2.05, 4.69) is 37.4 Å². The molecule has 33 heavy (non-hydrogen) atoms. The molecular weight excluding hydrogens is 414 g/mol. The number of aromatic nitrogens is 5. The van der Waals surface area contributed by atoms with E-state index in [-0.39, 0.29) is 0 Å². The van der Waals surface area contributed by atoms with Crippen LogP contribution in [0.15, 0.2) is 67.3 Å². The van der Waals surface area contributed by atoms with E-state index in [0.717, 1.165) is 33.7 Å². The summed E-state index contributed by atoms with van der Waals surface area (Å²) in [5.41, 5.74) is 12.8. The molecule has 0 aliphatic rings. The Morgan fingerprint density at radius 2 is 1.61 bits per heavy atom. The minimum Gasteiger partial charge on any atom is -0.436 e. The van der Waals surface area contributed by atoms with Gasteiger partial charge in [0.25, 0.3) is 5.88 Å². The smallest absolute Gasteiger partial charge is 0.252 e. The monoisotopic (exact) mass is 437 g/mol. The van der Waals surface area contributed by atoms with Crippen molar-refractivity contribution in [1.82, 2.24) is 24.5 Å². The number of pyridine rings is 1. The van der Waals surface area contributed by atoms with Gasteiger partial charge < -0.3 is 20.4 Å². The van der Waals surface area contributed by atoms with Crippen molar-refractivity contribution in [3.05, 3.63) is 78.4 Å². The summed E-state index contributed by atoms with van der Waals surface area (Å²) in [6.45, 7) is 4.05. The van der Waals surface area contributed by atoms with Crippen molar-refractivity contribution < 1.29 is 4.74 Å². The van der Waals surface area contributed by atoms with Crippen molar-refractivity contribution in [2.24, 2.45) is 7.05 Å². The minimum absolute atomic E-state index is 0.390. The molecule has 0 fully saturated rings. The summed E-state index contributed by atoms with van der Waals surface area (Å²) in [7, 11) is 1.89. The van der Waals surface area contributed by atoms with Crippen molar-refractivity contribution in [3.8, 4) is 22.8 Å². The summed E-state index contributed by atoms with van der Waals surface area (Å²) in [5.74, 6) is 1.55. The number of benzene rings is 2. The van der Waals surface area contributed by atoms with Gasteiger partial charge >= 0.3 is 0 Å². The molecule has 0 bridgehead atoms. The molecule has 0 amide bonds. The molecule has 0 aliphatic heterocycles. The molecule has 0 saturated heterocycles. The maximum Gasteiger partial charge on any atom is 0.252 e. The summed E-state index contributed by atoms with van der Waals surface area (Å²) in [5, 5.41) is 3.22. The first-order valence-corrected chi connectivity index (χ1v) is 10.5. The number of imidazole rings is 1. The van der Waals surface area contributed by atoms with E-state index in [1.54, 1.807) is 18.7 Å². The Morgan fingerprint density at radius 3 is 2.30 bits per heavy atom. The number of anilines is 3. The van der Waals surface area contributed by atoms with Crippen LogP contribution in [0.5, 0.6) is 11.6 Å². The van der Waals surface area contributed by atoms with E-state index in [1.165, 1.54) is 0 Å². The van der Waals surface area contributed by atoms with E-state index in [1.807, 2.05) is 61.9 Å². The standard InChI is InChI=1S/C25H23N7O/c1-15-12-18(17-8-10-27-11-9-17)13-16(2)22(15)33-24-21-23(32(3)14-28-21)30-25(31-24)29-20-6-4-19(26)5-7-20/h4-14H,26H2,1-3H3,(H,29,30,31). The summed E-state index contributed by atoms with van der Waals surface area (Å²) in [4.78, 5) is 17.8. The van der Waals surface area contributed by atoms with Gasteiger partial charge in [0.15, 0.2) is 11.2 Å². The summed E-state index contributed by atoms with van der Waals surface area (Å²) in [6.07, 6.45) is 5.28. The summed E-state index contributed by atoms with van der Waals surface area (Å²) < 4.78 is 8.19. The topological polar surface area (TPSA) is 104 Å². The second-order valence-electron chi connectivity index (χ2n) is 7.90. The van der Waals surface area contributed by atoms with E-state index in [4.69, 9.17) is 10.5 Å². The number of nitrogen functional groups attached to an aromatic ring is 1. The van der Waals surface area contributed by atoms with Gasteiger partial charge in [-0.3, -0.25) is 4.98 Å². The fraction of sp³-hybridized carbons (Fsp3) is 0.120. The highest BCUT2D eigenvalue weighted by Gasteiger charge is 2.17. The van der Waals surface area contributed by atoms with Crippen molar-refractivity contribution in [3.63, 3.8) is 0 Å². The van der Waals surface area contributed by atoms with Crippen molar-refractivity contribution in [2.45, 2.75) is 13.8 Å². The molecule has 8 nitrogen and oxygen atoms in total. The number of nitrogens with one attached hydrogen (secondary N) is 1. The average Bonchev–Trinajstić information content (AvgIpc) is 3.19. The van der Waals surface area contributed by atoms with E-state index < -0.39 is 0 Å². The number of fused-ring (bicyclic) bond motifs is 1. The number of hydrogen-bond donors (Lipinski definition) is 2. The highest BCUT2D eigenvalue weighted by Crippen LogP contribution is 2.35. The van der Waals surface area contributed by atoms with Crippen LogP contribution in [-0.2, 0) is 7.05 Å². The van der Waals surface area contributed by atoms with E-state index >= 15 is 0 Å². The zero-order valence-corrected chi connectivity index (χ0v) is 18.6. The molecule has 0 unspecified atom stereocenters. The molecular formula is C25H23N7O. The molecule has 2 aromatic carbocycles. The Kier molecular flexibility index (Phi) is 5.10. The lowest BCUT2D eigenvalue weighted by atomic mass is 10.0. The van der Waals surface area contributed by atoms with Gasteiger partial charge in [-0.15, -0.1) is 0 Å². The highest BCUT2D eigenvalue weighted by atomic mass is 16.5. The maximum atomic E-state index is 6.36. The van der Waals surface area contributed by atoms with Crippen molar-refractivity contribution in [1.29, 1.82) is 0 Å². The summed E-state index contributed by atoms with van der Waals surface area (Å²) >= 11 is 0. The number of nitrogens with two attached hydrogens (primary N) is 1. The Hall–Kier alpha value is -4.46. The van der Waals surface area contributed by atoms with Crippen LogP contribution in [0, 0.1) is 13.8 Å². The second-order valence-corrected chi connectivity index (χ2v) is 7.90. The summed E-state index contributed by atoms with van der Waals surface area (Å²) in [6, 6.07) is 15.6. The Balaban J connectivity index is 1.54. The zero-order valence-electron chi connectivity index (χ0n) is 18.6. The number of ether oxygens (including phenoxy) is 1. The molecule has 0 atom stereocenters. The minimum atomic E-state index is 0.390. The Bertz CT molecular complexity index is 1420. The van der Waals surface area contributed by atoms with Crippen LogP contribution < -0.4 is 15.8 Å². The molecule has 3 N–H and O–H groups in total. The van der Waals surface area contributed by atoms with Crippen LogP contribution in [0.3, 0.4) is 0 Å². The molecule has 0 radical (unpaired) electrons. The molecule has 8 heteroatoms. The zero-order chi connectivity index (χ0) is 22.9. The largest absolute Gasteiger partial charge is 0.436 e. The average molecular weight is 438 g/mol. The second kappa shape index (κ2) is 8.23. The molecule has 0 spiro atoms. The van der Waals surface area contributed by atoms with Crippen LogP contribution in [0.2, 0.25) is 0 Å². The van der Waals surface area contributed by atoms with Crippen LogP contribution in [0.1, 0.15) is 11.1 Å². The molecule has 5 aromatic rings. The fourth-order valence-electron chi connectivity index (χ4n) is 3.72. The van der Waals surface area contributed by atoms with Gasteiger partial charge in [-0.2, -0.15) is 9.97 Å². The van der Waals surface area contributed by atoms with Crippen LogP contribution in [0.4, 0.5) is 17.3 Å². The van der Waals surface area contributed by atoms with Gasteiger partial charge in [0, 0.05) is 30.8 Å². The van der Waals surface area contributed by atoms with Crippen LogP contribution in [-0.4, -0.2) is 24.5 Å². The van der Waals surface area contributed by atoms with Gasteiger partial charge in [0.1, 0.15) is 5.75 Å². The van der Waals surface area contributed by atoms with Gasteiger partial charge in [-0.25, -0.2) is 4.98 Å². The third-order valence-electron chi connectivity index (χ3n) is 5.37. The normalized spacial score (nSPS) is 11.0. The van der Waals surface area contributed by atoms with Crippen LogP contribution >= 0.6 is 0 Å². The Morgan fingerprint density at radius 1 is 0.909 bits per heavy atom. The quantitative estimate of drug-likeness (QED) is 0.366. The highest BCUT2D eigenvalue weighted by molar-refractivity contribution is 5.79. The molecule has 3 heterocycles. The first kappa shape index (κ1) is 20.4.